The number of carbonyl (C=O) groups is 1. The Morgan fingerprint density at radius 1 is 0.957 bits per heavy atom. The Morgan fingerprint density at radius 3 is 2.35 bits per heavy atom. The van der Waals surface area contributed by atoms with Crippen molar-refractivity contribution in [1.29, 1.82) is 0 Å². The number of hydrogen-bond donors (Lipinski definition) is 1. The molecule has 1 saturated carbocycles. The van der Waals surface area contributed by atoms with Gasteiger partial charge in [0.15, 0.2) is 0 Å². The lowest BCUT2D eigenvalue weighted by atomic mass is 9.77. The van der Waals surface area contributed by atoms with Crippen molar-refractivity contribution in [2.45, 2.75) is 31.1 Å². The molecule has 1 N–H and O–H groups in total. The van der Waals surface area contributed by atoms with Gasteiger partial charge in [0.1, 0.15) is 17.5 Å². The van der Waals surface area contributed by atoms with Crippen molar-refractivity contribution in [3.05, 3.63) is 65.5 Å². The monoisotopic (exact) mass is 319 g/mol. The van der Waals surface area contributed by atoms with Crippen LogP contribution < -0.4 is 5.32 Å². The highest BCUT2D eigenvalue weighted by atomic mass is 19.1. The normalized spacial score (nSPS) is 16.3. The molecule has 0 heterocycles. The number of rotatable bonds is 3. The van der Waals surface area contributed by atoms with Gasteiger partial charge in [-0.2, -0.15) is 0 Å². The third-order valence-corrected chi connectivity index (χ3v) is 4.46. The Labute approximate surface area is 132 Å². The van der Waals surface area contributed by atoms with Gasteiger partial charge in [0, 0.05) is 11.6 Å². The standard InChI is InChI=1S/C18H16F3NO/c19-12-7-8-15(21)16(11-12)22-17(23)18(9-3-4-10-18)13-5-1-2-6-14(13)20/h1-2,5-8,11H,3-4,9-10H2,(H,22,23). The van der Waals surface area contributed by atoms with E-state index in [1.165, 1.54) is 6.07 Å². The first kappa shape index (κ1) is 15.6. The molecule has 1 aliphatic carbocycles. The second kappa shape index (κ2) is 6.07. The third-order valence-electron chi connectivity index (χ3n) is 4.46. The van der Waals surface area contributed by atoms with Crippen molar-refractivity contribution >= 4 is 11.6 Å². The van der Waals surface area contributed by atoms with Crippen LogP contribution in [0.4, 0.5) is 18.9 Å². The minimum absolute atomic E-state index is 0.224. The van der Waals surface area contributed by atoms with Crippen LogP contribution >= 0.6 is 0 Å². The fraction of sp³-hybridized carbons (Fsp3) is 0.278. The molecule has 1 aliphatic rings. The summed E-state index contributed by atoms with van der Waals surface area (Å²) in [7, 11) is 0. The van der Waals surface area contributed by atoms with Crippen molar-refractivity contribution < 1.29 is 18.0 Å². The predicted molar refractivity (Wildman–Crippen MR) is 81.5 cm³/mol. The highest BCUT2D eigenvalue weighted by Gasteiger charge is 2.44. The maximum atomic E-state index is 14.2. The van der Waals surface area contributed by atoms with Gasteiger partial charge in [0.25, 0.3) is 0 Å². The zero-order valence-electron chi connectivity index (χ0n) is 12.4. The molecule has 2 nitrogen and oxygen atoms in total. The molecule has 5 heteroatoms. The van der Waals surface area contributed by atoms with E-state index in [4.69, 9.17) is 0 Å². The van der Waals surface area contributed by atoms with E-state index in [0.29, 0.717) is 18.4 Å². The first-order chi connectivity index (χ1) is 11.0. The smallest absolute Gasteiger partial charge is 0.235 e. The molecule has 2 aromatic carbocycles. The molecule has 120 valence electrons. The Balaban J connectivity index is 1.97. The van der Waals surface area contributed by atoms with Crippen molar-refractivity contribution in [2.24, 2.45) is 0 Å². The van der Waals surface area contributed by atoms with Gasteiger partial charge in [0.05, 0.1) is 11.1 Å². The van der Waals surface area contributed by atoms with E-state index < -0.39 is 28.8 Å². The van der Waals surface area contributed by atoms with Gasteiger partial charge in [-0.1, -0.05) is 31.0 Å². The molecule has 0 aliphatic heterocycles. The number of carbonyl (C=O) groups excluding carboxylic acids is 1. The summed E-state index contributed by atoms with van der Waals surface area (Å²) >= 11 is 0. The third kappa shape index (κ3) is 2.83. The Kier molecular flexibility index (Phi) is 4.11. The molecule has 0 saturated heterocycles. The summed E-state index contributed by atoms with van der Waals surface area (Å²) in [6.45, 7) is 0. The summed E-state index contributed by atoms with van der Waals surface area (Å²) in [4.78, 5) is 12.8. The van der Waals surface area contributed by atoms with Crippen molar-refractivity contribution in [1.82, 2.24) is 0 Å². The molecule has 2 aromatic rings. The number of benzene rings is 2. The molecule has 0 radical (unpaired) electrons. The number of hydrogen-bond acceptors (Lipinski definition) is 1. The van der Waals surface area contributed by atoms with Crippen LogP contribution in [0.2, 0.25) is 0 Å². The van der Waals surface area contributed by atoms with Crippen LogP contribution in [0.5, 0.6) is 0 Å². The van der Waals surface area contributed by atoms with Crippen LogP contribution in [-0.2, 0) is 10.2 Å². The molecular weight excluding hydrogens is 303 g/mol. The quantitative estimate of drug-likeness (QED) is 0.883. The first-order valence-electron chi connectivity index (χ1n) is 7.54. The van der Waals surface area contributed by atoms with Gasteiger partial charge < -0.3 is 5.32 Å². The maximum absolute atomic E-state index is 14.2. The van der Waals surface area contributed by atoms with Gasteiger partial charge in [-0.15, -0.1) is 0 Å². The van der Waals surface area contributed by atoms with E-state index in [2.05, 4.69) is 5.32 Å². The summed E-state index contributed by atoms with van der Waals surface area (Å²) in [5.41, 5.74) is -0.950. The average molecular weight is 319 g/mol. The average Bonchev–Trinajstić information content (AvgIpc) is 3.02. The largest absolute Gasteiger partial charge is 0.323 e. The van der Waals surface area contributed by atoms with E-state index in [-0.39, 0.29) is 5.69 Å². The number of halogens is 3. The van der Waals surface area contributed by atoms with E-state index in [1.54, 1.807) is 18.2 Å². The van der Waals surface area contributed by atoms with Crippen LogP contribution in [0, 0.1) is 17.5 Å². The summed E-state index contributed by atoms with van der Waals surface area (Å²) in [6, 6.07) is 8.99. The van der Waals surface area contributed by atoms with E-state index in [1.807, 2.05) is 0 Å². The van der Waals surface area contributed by atoms with Crippen molar-refractivity contribution in [2.75, 3.05) is 5.32 Å². The summed E-state index contributed by atoms with van der Waals surface area (Å²) in [5.74, 6) is -2.32. The minimum atomic E-state index is -1.04. The van der Waals surface area contributed by atoms with Crippen molar-refractivity contribution in [3.8, 4) is 0 Å². The number of amides is 1. The lowest BCUT2D eigenvalue weighted by molar-refractivity contribution is -0.121. The van der Waals surface area contributed by atoms with Gasteiger partial charge in [-0.3, -0.25) is 4.79 Å². The molecule has 0 atom stereocenters. The summed E-state index contributed by atoms with van der Waals surface area (Å²) < 4.78 is 41.3. The molecule has 3 rings (SSSR count). The molecule has 0 unspecified atom stereocenters. The SMILES string of the molecule is O=C(Nc1cc(F)ccc1F)C1(c2ccccc2F)CCCC1. The van der Waals surface area contributed by atoms with E-state index in [0.717, 1.165) is 31.0 Å². The Bertz CT molecular complexity index is 739. The van der Waals surface area contributed by atoms with Crippen LogP contribution in [0.1, 0.15) is 31.2 Å². The maximum Gasteiger partial charge on any atom is 0.235 e. The fourth-order valence-corrected chi connectivity index (χ4v) is 3.28. The molecule has 1 amide bonds. The number of nitrogens with one attached hydrogen (secondary N) is 1. The molecule has 0 spiro atoms. The zero-order chi connectivity index (χ0) is 16.4. The van der Waals surface area contributed by atoms with E-state index >= 15 is 0 Å². The number of anilines is 1. The topological polar surface area (TPSA) is 29.1 Å². The van der Waals surface area contributed by atoms with Gasteiger partial charge in [-0.05, 0) is 31.0 Å². The first-order valence-corrected chi connectivity index (χ1v) is 7.54. The molecule has 0 bridgehead atoms. The summed E-state index contributed by atoms with van der Waals surface area (Å²) in [5, 5.41) is 2.44. The second-order valence-corrected chi connectivity index (χ2v) is 5.85. The molecular formula is C18H16F3NO. The van der Waals surface area contributed by atoms with Crippen LogP contribution in [-0.4, -0.2) is 5.91 Å². The lowest BCUT2D eigenvalue weighted by Gasteiger charge is -2.28. The van der Waals surface area contributed by atoms with Gasteiger partial charge in [0.2, 0.25) is 5.91 Å². The lowest BCUT2D eigenvalue weighted by Crippen LogP contribution is -2.39. The van der Waals surface area contributed by atoms with Crippen LogP contribution in [0.3, 0.4) is 0 Å². The Hall–Kier alpha value is -2.30. The van der Waals surface area contributed by atoms with Crippen LogP contribution in [0.15, 0.2) is 42.5 Å². The minimum Gasteiger partial charge on any atom is -0.323 e. The van der Waals surface area contributed by atoms with Crippen molar-refractivity contribution in [3.63, 3.8) is 0 Å². The zero-order valence-corrected chi connectivity index (χ0v) is 12.4. The second-order valence-electron chi connectivity index (χ2n) is 5.85. The highest BCUT2D eigenvalue weighted by Crippen LogP contribution is 2.43. The Morgan fingerprint density at radius 2 is 1.65 bits per heavy atom. The van der Waals surface area contributed by atoms with Gasteiger partial charge >= 0.3 is 0 Å². The fourth-order valence-electron chi connectivity index (χ4n) is 3.28. The van der Waals surface area contributed by atoms with Gasteiger partial charge in [-0.25, -0.2) is 13.2 Å². The van der Waals surface area contributed by atoms with Crippen LogP contribution in [0.25, 0.3) is 0 Å². The highest BCUT2D eigenvalue weighted by molar-refractivity contribution is 5.99. The molecule has 23 heavy (non-hydrogen) atoms. The summed E-state index contributed by atoms with van der Waals surface area (Å²) in [6.07, 6.45) is 2.54. The van der Waals surface area contributed by atoms with E-state index in [9.17, 15) is 18.0 Å². The molecule has 0 aromatic heterocycles. The predicted octanol–water partition coefficient (Wildman–Crippen LogP) is 4.55. The molecule has 1 fully saturated rings.